The molecule has 0 saturated carbocycles. The number of hydrogen-bond donors (Lipinski definition) is 2. The summed E-state index contributed by atoms with van der Waals surface area (Å²) in [4.78, 5) is 2.00. The van der Waals surface area contributed by atoms with Crippen molar-refractivity contribution in [3.8, 4) is 11.5 Å². The van der Waals surface area contributed by atoms with E-state index in [4.69, 9.17) is 14.6 Å². The molecule has 0 saturated heterocycles. The summed E-state index contributed by atoms with van der Waals surface area (Å²) in [6.45, 7) is 6.86. The molecule has 0 fully saturated rings. The lowest BCUT2D eigenvalue weighted by Crippen LogP contribution is -2.24. The zero-order valence-electron chi connectivity index (χ0n) is 14.6. The van der Waals surface area contributed by atoms with Gasteiger partial charge in [0, 0.05) is 13.1 Å². The topological polar surface area (TPSA) is 62.2 Å². The van der Waals surface area contributed by atoms with Gasteiger partial charge in [0.1, 0.15) is 0 Å². The van der Waals surface area contributed by atoms with E-state index in [1.165, 1.54) is 0 Å². The van der Waals surface area contributed by atoms with Crippen LogP contribution in [0.3, 0.4) is 0 Å². The van der Waals surface area contributed by atoms with Gasteiger partial charge in [-0.1, -0.05) is 19.9 Å². The van der Waals surface area contributed by atoms with Gasteiger partial charge in [-0.05, 0) is 44.0 Å². The normalized spacial score (nSPS) is 12.4. The summed E-state index contributed by atoms with van der Waals surface area (Å²) in [5.41, 5.74) is 0.831. The number of rotatable bonds is 12. The Kier molecular flexibility index (Phi) is 9.67. The van der Waals surface area contributed by atoms with Gasteiger partial charge in [0.25, 0.3) is 0 Å². The van der Waals surface area contributed by atoms with Gasteiger partial charge in [0.2, 0.25) is 0 Å². The first-order chi connectivity index (χ1) is 11.1. The van der Waals surface area contributed by atoms with E-state index in [0.717, 1.165) is 30.7 Å². The zero-order chi connectivity index (χ0) is 17.1. The molecule has 0 bridgehead atoms. The van der Waals surface area contributed by atoms with E-state index in [9.17, 15) is 5.11 Å². The summed E-state index contributed by atoms with van der Waals surface area (Å²) >= 11 is 0. The molecule has 1 rings (SSSR count). The Morgan fingerprint density at radius 3 is 2.30 bits per heavy atom. The van der Waals surface area contributed by atoms with Crippen LogP contribution in [0.1, 0.15) is 44.8 Å². The molecule has 0 aromatic heterocycles. The molecule has 0 aliphatic rings. The van der Waals surface area contributed by atoms with Crippen molar-refractivity contribution in [3.05, 3.63) is 23.8 Å². The van der Waals surface area contributed by atoms with Crippen molar-refractivity contribution < 1.29 is 19.7 Å². The molecule has 132 valence electrons. The van der Waals surface area contributed by atoms with Crippen LogP contribution in [0.4, 0.5) is 0 Å². The lowest BCUT2D eigenvalue weighted by molar-refractivity contribution is 0.140. The molecule has 1 aromatic carbocycles. The average Bonchev–Trinajstić information content (AvgIpc) is 2.56. The van der Waals surface area contributed by atoms with Crippen LogP contribution in [0.15, 0.2) is 18.2 Å². The highest BCUT2D eigenvalue weighted by atomic mass is 16.5. The molecule has 1 unspecified atom stereocenters. The predicted molar refractivity (Wildman–Crippen MR) is 92.2 cm³/mol. The second-order valence-corrected chi connectivity index (χ2v) is 5.73. The van der Waals surface area contributed by atoms with Crippen LogP contribution in [0.25, 0.3) is 0 Å². The highest BCUT2D eigenvalue weighted by Crippen LogP contribution is 2.31. The van der Waals surface area contributed by atoms with Crippen molar-refractivity contribution in [3.63, 3.8) is 0 Å². The van der Waals surface area contributed by atoms with Gasteiger partial charge in [-0.2, -0.15) is 0 Å². The first-order valence-corrected chi connectivity index (χ1v) is 8.49. The fourth-order valence-corrected chi connectivity index (χ4v) is 2.18. The van der Waals surface area contributed by atoms with Crippen molar-refractivity contribution >= 4 is 0 Å². The van der Waals surface area contributed by atoms with Gasteiger partial charge < -0.3 is 24.6 Å². The molecule has 1 aromatic rings. The lowest BCUT2D eigenvalue weighted by atomic mass is 10.1. The van der Waals surface area contributed by atoms with E-state index in [-0.39, 0.29) is 6.61 Å². The highest BCUT2D eigenvalue weighted by Gasteiger charge is 2.13. The molecular formula is C18H31NO4. The van der Waals surface area contributed by atoms with Crippen molar-refractivity contribution in [2.45, 2.75) is 39.2 Å². The fourth-order valence-electron chi connectivity index (χ4n) is 2.18. The van der Waals surface area contributed by atoms with Crippen molar-refractivity contribution in [1.82, 2.24) is 4.90 Å². The molecule has 0 aliphatic carbocycles. The molecule has 23 heavy (non-hydrogen) atoms. The van der Waals surface area contributed by atoms with E-state index in [2.05, 4.69) is 13.8 Å². The van der Waals surface area contributed by atoms with E-state index in [0.29, 0.717) is 31.9 Å². The second-order valence-electron chi connectivity index (χ2n) is 5.73. The van der Waals surface area contributed by atoms with E-state index in [1.807, 2.05) is 30.1 Å². The first kappa shape index (κ1) is 19.7. The van der Waals surface area contributed by atoms with Gasteiger partial charge in [-0.15, -0.1) is 0 Å². The molecule has 0 amide bonds. The zero-order valence-corrected chi connectivity index (χ0v) is 14.6. The SMILES string of the molecule is CCCOc1ccc(C(O)CCN(C)CCO)cc1OCCC. The number of nitrogens with zero attached hydrogens (tertiary/aromatic N) is 1. The summed E-state index contributed by atoms with van der Waals surface area (Å²) in [5, 5.41) is 19.3. The maximum Gasteiger partial charge on any atom is 0.161 e. The third-order valence-corrected chi connectivity index (χ3v) is 3.54. The maximum atomic E-state index is 10.4. The number of aliphatic hydroxyl groups excluding tert-OH is 2. The molecular weight excluding hydrogens is 294 g/mol. The number of hydrogen-bond acceptors (Lipinski definition) is 5. The van der Waals surface area contributed by atoms with E-state index >= 15 is 0 Å². The Morgan fingerprint density at radius 1 is 1.04 bits per heavy atom. The summed E-state index contributed by atoms with van der Waals surface area (Å²) in [5.74, 6) is 1.43. The van der Waals surface area contributed by atoms with Crippen LogP contribution in [0.5, 0.6) is 11.5 Å². The van der Waals surface area contributed by atoms with Gasteiger partial charge in [0.05, 0.1) is 25.9 Å². The van der Waals surface area contributed by atoms with Crippen LogP contribution in [0, 0.1) is 0 Å². The number of likely N-dealkylation sites (N-methyl/N-ethyl adjacent to an activating group) is 1. The third-order valence-electron chi connectivity index (χ3n) is 3.54. The van der Waals surface area contributed by atoms with E-state index < -0.39 is 6.10 Å². The highest BCUT2D eigenvalue weighted by molar-refractivity contribution is 5.43. The maximum absolute atomic E-state index is 10.4. The quantitative estimate of drug-likeness (QED) is 0.618. The molecule has 5 heteroatoms. The molecule has 0 radical (unpaired) electrons. The number of aliphatic hydroxyl groups is 2. The molecule has 0 spiro atoms. The first-order valence-electron chi connectivity index (χ1n) is 8.49. The predicted octanol–water partition coefficient (Wildman–Crippen LogP) is 2.61. The Balaban J connectivity index is 2.73. The summed E-state index contributed by atoms with van der Waals surface area (Å²) in [6.07, 6.45) is 1.92. The Bertz CT molecular complexity index is 439. The standard InChI is InChI=1S/C18H31NO4/c1-4-12-22-17-7-6-15(14-18(17)23-13-5-2)16(21)8-9-19(3)10-11-20/h6-7,14,16,20-21H,4-5,8-13H2,1-3H3. The molecule has 1 atom stereocenters. The van der Waals surface area contributed by atoms with Gasteiger partial charge in [-0.25, -0.2) is 0 Å². The monoisotopic (exact) mass is 325 g/mol. The summed E-state index contributed by atoms with van der Waals surface area (Å²) in [7, 11) is 1.93. The van der Waals surface area contributed by atoms with Crippen molar-refractivity contribution in [2.75, 3.05) is 40.0 Å². The smallest absolute Gasteiger partial charge is 0.161 e. The minimum atomic E-state index is -0.555. The average molecular weight is 325 g/mol. The number of benzene rings is 1. The van der Waals surface area contributed by atoms with Gasteiger partial charge in [-0.3, -0.25) is 0 Å². The summed E-state index contributed by atoms with van der Waals surface area (Å²) < 4.78 is 11.5. The Labute approximate surface area is 139 Å². The van der Waals surface area contributed by atoms with Crippen LogP contribution in [-0.4, -0.2) is 55.1 Å². The van der Waals surface area contributed by atoms with Crippen LogP contribution in [0.2, 0.25) is 0 Å². The Morgan fingerprint density at radius 2 is 1.70 bits per heavy atom. The number of ether oxygens (including phenoxy) is 2. The molecule has 0 aliphatic heterocycles. The second kappa shape index (κ2) is 11.3. The van der Waals surface area contributed by atoms with Crippen molar-refractivity contribution in [2.24, 2.45) is 0 Å². The Hall–Kier alpha value is -1.30. The fraction of sp³-hybridized carbons (Fsp3) is 0.667. The molecule has 0 heterocycles. The minimum Gasteiger partial charge on any atom is -0.490 e. The molecule has 2 N–H and O–H groups in total. The van der Waals surface area contributed by atoms with Gasteiger partial charge in [0.15, 0.2) is 11.5 Å². The third kappa shape index (κ3) is 7.20. The van der Waals surface area contributed by atoms with Crippen LogP contribution < -0.4 is 9.47 Å². The largest absolute Gasteiger partial charge is 0.490 e. The minimum absolute atomic E-state index is 0.130. The van der Waals surface area contributed by atoms with Gasteiger partial charge >= 0.3 is 0 Å². The van der Waals surface area contributed by atoms with E-state index in [1.54, 1.807) is 0 Å². The van der Waals surface area contributed by atoms with Crippen LogP contribution in [-0.2, 0) is 0 Å². The summed E-state index contributed by atoms with van der Waals surface area (Å²) in [6, 6.07) is 5.63. The van der Waals surface area contributed by atoms with Crippen LogP contribution >= 0.6 is 0 Å². The van der Waals surface area contributed by atoms with Crippen molar-refractivity contribution in [1.29, 1.82) is 0 Å². The lowest BCUT2D eigenvalue weighted by Gasteiger charge is -2.19. The molecule has 5 nitrogen and oxygen atoms in total.